The number of sulfonamides is 1. The van der Waals surface area contributed by atoms with Crippen molar-refractivity contribution in [1.29, 1.82) is 0 Å². The minimum absolute atomic E-state index is 0.121. The van der Waals surface area contributed by atoms with E-state index in [-0.39, 0.29) is 22.8 Å². The highest BCUT2D eigenvalue weighted by atomic mass is 32.2. The minimum Gasteiger partial charge on any atom is -0.493 e. The maximum Gasteiger partial charge on any atom is 0.279 e. The van der Waals surface area contributed by atoms with Crippen LogP contribution in [-0.4, -0.2) is 87.3 Å². The predicted octanol–water partition coefficient (Wildman–Crippen LogP) is 2.20. The average Bonchev–Trinajstić information content (AvgIpc) is 3.51. The summed E-state index contributed by atoms with van der Waals surface area (Å²) in [6.07, 6.45) is 2.16. The molecule has 4 heterocycles. The number of rotatable bonds is 10. The normalized spacial score (nSPS) is 15.2. The summed E-state index contributed by atoms with van der Waals surface area (Å²) in [4.78, 5) is 27.4. The van der Waals surface area contributed by atoms with Gasteiger partial charge in [-0.05, 0) is 38.1 Å². The number of piperazine rings is 1. The average molecular weight is 571 g/mol. The van der Waals surface area contributed by atoms with Gasteiger partial charge >= 0.3 is 0 Å². The van der Waals surface area contributed by atoms with E-state index in [9.17, 15) is 13.2 Å². The lowest BCUT2D eigenvalue weighted by Crippen LogP contribution is -2.47. The molecule has 1 aliphatic rings. The second kappa shape index (κ2) is 11.5. The molecule has 0 bridgehead atoms. The van der Waals surface area contributed by atoms with Crippen LogP contribution in [0.3, 0.4) is 0 Å². The highest BCUT2D eigenvalue weighted by molar-refractivity contribution is 7.89. The fraction of sp³-hybridized carbons (Fsp3) is 0.500. The minimum atomic E-state index is -3.76. The van der Waals surface area contributed by atoms with Gasteiger partial charge in [0.2, 0.25) is 15.9 Å². The summed E-state index contributed by atoms with van der Waals surface area (Å²) < 4.78 is 41.3. The highest BCUT2D eigenvalue weighted by Crippen LogP contribution is 2.32. The second-order valence-electron chi connectivity index (χ2n) is 9.91. The van der Waals surface area contributed by atoms with Crippen LogP contribution in [0.5, 0.6) is 5.75 Å². The van der Waals surface area contributed by atoms with E-state index in [0.29, 0.717) is 67.8 Å². The number of fused-ring (bicyclic) bond motifs is 1. The lowest BCUT2D eigenvalue weighted by Gasteiger charge is -2.31. The Morgan fingerprint density at radius 2 is 1.85 bits per heavy atom. The molecule has 214 valence electrons. The monoisotopic (exact) mass is 570 g/mol. The number of nitrogens with one attached hydrogen (secondary N) is 1. The quantitative estimate of drug-likeness (QED) is 0.300. The third kappa shape index (κ3) is 5.51. The van der Waals surface area contributed by atoms with Gasteiger partial charge in [-0.25, -0.2) is 13.4 Å². The van der Waals surface area contributed by atoms with Gasteiger partial charge in [0.25, 0.3) is 5.56 Å². The molecule has 1 fully saturated rings. The highest BCUT2D eigenvalue weighted by Gasteiger charge is 2.29. The van der Waals surface area contributed by atoms with Crippen molar-refractivity contribution in [3.8, 4) is 17.1 Å². The summed E-state index contributed by atoms with van der Waals surface area (Å²) in [6.45, 7) is 8.48. The number of likely N-dealkylation sites (N-methyl/N-ethyl adjacent to an activating group) is 1. The molecule has 0 spiro atoms. The first kappa shape index (κ1) is 27.9. The molecule has 13 nitrogen and oxygen atoms in total. The van der Waals surface area contributed by atoms with E-state index < -0.39 is 15.6 Å². The molecule has 0 saturated carbocycles. The number of hydrogen-bond donors (Lipinski definition) is 1. The number of ether oxygens (including phenoxy) is 1. The number of nitrogens with zero attached hydrogens (tertiary/aromatic N) is 7. The van der Waals surface area contributed by atoms with Crippen LogP contribution in [-0.2, 0) is 23.0 Å². The van der Waals surface area contributed by atoms with Gasteiger partial charge in [0.15, 0.2) is 11.3 Å². The number of aryl methyl sites for hydroxylation is 2. The van der Waals surface area contributed by atoms with Gasteiger partial charge in [-0.3, -0.25) is 9.48 Å². The van der Waals surface area contributed by atoms with Crippen LogP contribution in [0.4, 0.5) is 0 Å². The van der Waals surface area contributed by atoms with Crippen LogP contribution >= 0.6 is 0 Å². The summed E-state index contributed by atoms with van der Waals surface area (Å²) in [7, 11) is -1.79. The summed E-state index contributed by atoms with van der Waals surface area (Å²) in [5.41, 5.74) is 1.34. The van der Waals surface area contributed by atoms with Crippen molar-refractivity contribution in [3.63, 3.8) is 0 Å². The molecular weight excluding hydrogens is 536 g/mol. The smallest absolute Gasteiger partial charge is 0.279 e. The van der Waals surface area contributed by atoms with Crippen LogP contribution < -0.4 is 10.3 Å². The van der Waals surface area contributed by atoms with Gasteiger partial charge in [0, 0.05) is 33.1 Å². The fourth-order valence-corrected chi connectivity index (χ4v) is 6.17. The van der Waals surface area contributed by atoms with Crippen molar-refractivity contribution in [2.45, 2.75) is 51.5 Å². The van der Waals surface area contributed by atoms with Crippen LogP contribution in [0.2, 0.25) is 0 Å². The zero-order valence-corrected chi connectivity index (χ0v) is 24.0. The molecule has 0 aliphatic carbocycles. The zero-order valence-electron chi connectivity index (χ0n) is 23.2. The van der Waals surface area contributed by atoms with Gasteiger partial charge < -0.3 is 19.1 Å². The van der Waals surface area contributed by atoms with E-state index in [1.165, 1.54) is 10.4 Å². The number of hydrogen-bond acceptors (Lipinski definition) is 10. The molecule has 40 heavy (non-hydrogen) atoms. The number of H-pyrrole nitrogens is 1. The SMILES string of the molecule is CCCOc1ccc(S(=O)(=O)N2CCN(C)CC2)cc1-c1nc2c(CCC)n(Cc3noc(C)n3)nc2c(=O)[nH]1. The molecule has 14 heteroatoms. The lowest BCUT2D eigenvalue weighted by molar-refractivity contribution is 0.222. The standard InChI is InChI=1S/C26H34N8O5S/c1-5-7-20-23-24(30-34(20)16-22-27-17(3)39-31-22)26(35)29-25(28-23)19-15-18(8-9-21(19)38-14-6-2)40(36,37)33-12-10-32(4)11-13-33/h8-9,15H,5-7,10-14,16H2,1-4H3,(H,28,29,35). The molecular formula is C26H34N8O5S. The molecule has 1 N–H and O–H groups in total. The Labute approximate surface area is 232 Å². The largest absolute Gasteiger partial charge is 0.493 e. The summed E-state index contributed by atoms with van der Waals surface area (Å²) in [5.74, 6) is 1.53. The maximum absolute atomic E-state index is 13.5. The van der Waals surface area contributed by atoms with Crippen LogP contribution in [0.1, 0.15) is 44.1 Å². The molecule has 0 amide bonds. The third-order valence-corrected chi connectivity index (χ3v) is 8.71. The molecule has 4 aromatic rings. The van der Waals surface area contributed by atoms with Crippen LogP contribution in [0.15, 0.2) is 32.4 Å². The van der Waals surface area contributed by atoms with Crippen molar-refractivity contribution in [2.75, 3.05) is 39.8 Å². The lowest BCUT2D eigenvalue weighted by atomic mass is 10.1. The first-order valence-electron chi connectivity index (χ1n) is 13.5. The van der Waals surface area contributed by atoms with E-state index in [4.69, 9.17) is 14.2 Å². The van der Waals surface area contributed by atoms with E-state index in [1.54, 1.807) is 23.7 Å². The summed E-state index contributed by atoms with van der Waals surface area (Å²) >= 11 is 0. The number of benzene rings is 1. The molecule has 0 atom stereocenters. The van der Waals surface area contributed by atoms with Crippen molar-refractivity contribution in [3.05, 3.63) is 46.0 Å². The van der Waals surface area contributed by atoms with Gasteiger partial charge in [-0.2, -0.15) is 14.4 Å². The number of aromatic nitrogens is 6. The van der Waals surface area contributed by atoms with Crippen molar-refractivity contribution in [2.24, 2.45) is 0 Å². The van der Waals surface area contributed by atoms with Crippen LogP contribution in [0.25, 0.3) is 22.4 Å². The first-order chi connectivity index (χ1) is 19.2. The Hall–Kier alpha value is -3.62. The van der Waals surface area contributed by atoms with Gasteiger partial charge in [-0.15, -0.1) is 0 Å². The van der Waals surface area contributed by atoms with Crippen molar-refractivity contribution >= 4 is 21.1 Å². The Balaban J connectivity index is 1.62. The summed E-state index contributed by atoms with van der Waals surface area (Å²) in [6, 6.07) is 4.72. The molecule has 5 rings (SSSR count). The first-order valence-corrected chi connectivity index (χ1v) is 14.9. The van der Waals surface area contributed by atoms with E-state index in [1.807, 2.05) is 20.9 Å². The molecule has 1 saturated heterocycles. The Bertz CT molecular complexity index is 1670. The van der Waals surface area contributed by atoms with Crippen LogP contribution in [0, 0.1) is 6.92 Å². The molecule has 1 aliphatic heterocycles. The molecule has 0 unspecified atom stereocenters. The maximum atomic E-state index is 13.5. The Kier molecular flexibility index (Phi) is 8.01. The molecule has 1 aromatic carbocycles. The topological polar surface area (TPSA) is 152 Å². The summed E-state index contributed by atoms with van der Waals surface area (Å²) in [5, 5.41) is 8.47. The van der Waals surface area contributed by atoms with E-state index in [2.05, 4.69) is 25.1 Å². The van der Waals surface area contributed by atoms with E-state index >= 15 is 0 Å². The molecule has 3 aromatic heterocycles. The van der Waals surface area contributed by atoms with Crippen molar-refractivity contribution < 1.29 is 17.7 Å². The third-order valence-electron chi connectivity index (χ3n) is 6.82. The van der Waals surface area contributed by atoms with Gasteiger partial charge in [0.05, 0.1) is 22.8 Å². The number of aromatic amines is 1. The Morgan fingerprint density at radius 1 is 1.07 bits per heavy atom. The molecule has 0 radical (unpaired) electrons. The second-order valence-corrected chi connectivity index (χ2v) is 11.8. The zero-order chi connectivity index (χ0) is 28.4. The Morgan fingerprint density at radius 3 is 2.52 bits per heavy atom. The van der Waals surface area contributed by atoms with Crippen molar-refractivity contribution in [1.82, 2.24) is 39.1 Å². The van der Waals surface area contributed by atoms with Gasteiger partial charge in [0.1, 0.15) is 23.6 Å². The predicted molar refractivity (Wildman–Crippen MR) is 148 cm³/mol. The van der Waals surface area contributed by atoms with E-state index in [0.717, 1.165) is 18.5 Å². The fourth-order valence-electron chi connectivity index (χ4n) is 4.72. The van der Waals surface area contributed by atoms with Gasteiger partial charge in [-0.1, -0.05) is 25.4 Å².